The molecule has 61 heavy (non-hydrogen) atoms. The monoisotopic (exact) mass is 873 g/mol. The predicted octanol–water partition coefficient (Wildman–Crippen LogP) is 3.89. The highest BCUT2D eigenvalue weighted by Gasteiger charge is 2.63. The van der Waals surface area contributed by atoms with E-state index in [1.54, 1.807) is 44.2 Å². The van der Waals surface area contributed by atoms with E-state index in [0.29, 0.717) is 75.8 Å². The van der Waals surface area contributed by atoms with Gasteiger partial charge in [0, 0.05) is 49.3 Å². The van der Waals surface area contributed by atoms with Gasteiger partial charge in [0.1, 0.15) is 29.5 Å². The molecule has 1 aromatic carbocycles. The molecule has 2 aliphatic carbocycles. The second-order valence-electron chi connectivity index (χ2n) is 17.5. The normalized spacial score (nSPS) is 30.0. The molecule has 334 valence electrons. The molecular formula is C42H57F2N7O9S. The number of halogens is 2. The van der Waals surface area contributed by atoms with Crippen molar-refractivity contribution in [2.45, 2.75) is 107 Å². The number of methoxy groups -OCH3 is 1. The second kappa shape index (κ2) is 17.5. The van der Waals surface area contributed by atoms with Crippen molar-refractivity contribution in [1.82, 2.24) is 30.1 Å². The highest BCUT2D eigenvalue weighted by molar-refractivity contribution is 7.91. The van der Waals surface area contributed by atoms with Gasteiger partial charge in [0.15, 0.2) is 0 Å². The predicted molar refractivity (Wildman–Crippen MR) is 222 cm³/mol. The summed E-state index contributed by atoms with van der Waals surface area (Å²) in [5.41, 5.74) is -0.837. The first kappa shape index (κ1) is 44.3. The van der Waals surface area contributed by atoms with Gasteiger partial charge in [-0.25, -0.2) is 27.0 Å². The molecule has 1 aromatic heterocycles. The lowest BCUT2D eigenvalue weighted by Gasteiger charge is -2.36. The van der Waals surface area contributed by atoms with Gasteiger partial charge in [0.25, 0.3) is 12.3 Å². The fourth-order valence-electron chi connectivity index (χ4n) is 9.40. The molecule has 7 atom stereocenters. The highest BCUT2D eigenvalue weighted by atomic mass is 32.2. The molecule has 19 heteroatoms. The summed E-state index contributed by atoms with van der Waals surface area (Å²) in [6.07, 6.45) is 3.90. The first-order valence-corrected chi connectivity index (χ1v) is 22.7. The quantitative estimate of drug-likeness (QED) is 0.238. The van der Waals surface area contributed by atoms with Crippen molar-refractivity contribution >= 4 is 50.3 Å². The molecule has 4 N–H and O–H groups in total. The SMILES string of the molecule is CCC1(S(=O)(=O)NC(=O)[C@@]23C[C@H]2/C=C\CC[C@@H](C)C[C@@H](C)[C@H](NC(=O)O)C(=O)N2C[C@H](Oc4ncc(N5CCN(CC(F)F)CC5)c5cc(OC)ccc45)C[C@H]2C(=O)N3)CC1. The van der Waals surface area contributed by atoms with Crippen molar-refractivity contribution in [3.8, 4) is 11.6 Å². The summed E-state index contributed by atoms with van der Waals surface area (Å²) in [5, 5.41) is 16.5. The van der Waals surface area contributed by atoms with Crippen LogP contribution in [0.5, 0.6) is 11.6 Å². The first-order chi connectivity index (χ1) is 29.0. The minimum absolute atomic E-state index is 0.0508. The van der Waals surface area contributed by atoms with E-state index in [0.717, 1.165) is 11.1 Å². The fourth-order valence-corrected chi connectivity index (χ4v) is 11.1. The molecule has 4 amide bonds. The Bertz CT molecular complexity index is 2150. The number of amides is 4. The molecule has 0 unspecified atom stereocenters. The third kappa shape index (κ3) is 9.22. The number of allylic oxidation sites excluding steroid dienone is 1. The van der Waals surface area contributed by atoms with Crippen LogP contribution in [-0.4, -0.2) is 133 Å². The van der Waals surface area contributed by atoms with Crippen molar-refractivity contribution in [2.24, 2.45) is 17.8 Å². The number of sulfonamides is 1. The summed E-state index contributed by atoms with van der Waals surface area (Å²) in [4.78, 5) is 65.1. The van der Waals surface area contributed by atoms with Gasteiger partial charge in [-0.3, -0.25) is 24.0 Å². The van der Waals surface area contributed by atoms with Crippen LogP contribution in [0.2, 0.25) is 0 Å². The van der Waals surface area contributed by atoms with Gasteiger partial charge in [-0.05, 0) is 75.0 Å². The zero-order chi connectivity index (χ0) is 43.9. The number of ether oxygens (including phenoxy) is 2. The average molecular weight is 874 g/mol. The number of carbonyl (C=O) groups excluding carboxylic acids is 3. The topological polar surface area (TPSA) is 200 Å². The van der Waals surface area contributed by atoms with E-state index in [-0.39, 0.29) is 37.7 Å². The third-order valence-electron chi connectivity index (χ3n) is 13.4. The van der Waals surface area contributed by atoms with Crippen molar-refractivity contribution in [2.75, 3.05) is 51.3 Å². The van der Waals surface area contributed by atoms with Crippen molar-refractivity contribution < 1.29 is 51.0 Å². The van der Waals surface area contributed by atoms with Gasteiger partial charge in [0.05, 0.1) is 36.8 Å². The average Bonchev–Trinajstić information content (AvgIpc) is 4.12. The molecule has 3 aliphatic heterocycles. The number of fused-ring (bicyclic) bond motifs is 3. The molecule has 4 fully saturated rings. The van der Waals surface area contributed by atoms with Crippen LogP contribution in [0.4, 0.5) is 19.3 Å². The number of hydrogen-bond acceptors (Lipinski definition) is 11. The van der Waals surface area contributed by atoms with Crippen molar-refractivity contribution in [3.63, 3.8) is 0 Å². The molecule has 4 heterocycles. The van der Waals surface area contributed by atoms with Gasteiger partial charge in [-0.1, -0.05) is 32.9 Å². The summed E-state index contributed by atoms with van der Waals surface area (Å²) in [5.74, 6) is -2.25. The standard InChI is InChI=1S/C42H57F2N7O9S/c1-5-41(12-13-41)61(57,58)48-39(54)42-21-27(42)9-7-6-8-25(2)18-26(3)35(46-40(55)56)38(53)51-23-29(20-32(51)36(52)47-42)60-37-30-11-10-28(59-4)19-31(30)33(22-45-37)50-16-14-49(15-17-50)24-34(43)44/h7,9-11,19,22,25-27,29,32,34-35,46H,5-6,8,12-18,20-21,23-24H2,1-4H3,(H,47,52)(H,48,54)(H,55,56)/b9-7-/t25-,26-,27-,29-,32+,35+,42-/m1/s1. The molecule has 7 rings (SSSR count). The number of carboxylic acid groups (broad SMARTS) is 1. The lowest BCUT2D eigenvalue weighted by atomic mass is 9.88. The number of piperazine rings is 1. The molecule has 16 nitrogen and oxygen atoms in total. The molecule has 0 radical (unpaired) electrons. The highest BCUT2D eigenvalue weighted by Crippen LogP contribution is 2.49. The zero-order valence-electron chi connectivity index (χ0n) is 35.1. The number of benzene rings is 1. The second-order valence-corrected chi connectivity index (χ2v) is 19.6. The van der Waals surface area contributed by atoms with Crippen LogP contribution >= 0.6 is 0 Å². The van der Waals surface area contributed by atoms with Crippen LogP contribution in [0, 0.1) is 17.8 Å². The Morgan fingerprint density at radius 1 is 1.10 bits per heavy atom. The smallest absolute Gasteiger partial charge is 0.405 e. The maximum absolute atomic E-state index is 14.6. The van der Waals surface area contributed by atoms with Gasteiger partial charge in [0.2, 0.25) is 27.7 Å². The number of pyridine rings is 1. The van der Waals surface area contributed by atoms with Gasteiger partial charge in [-0.2, -0.15) is 0 Å². The Kier molecular flexibility index (Phi) is 12.7. The van der Waals surface area contributed by atoms with Gasteiger partial charge in [-0.15, -0.1) is 0 Å². The number of hydrogen-bond donors (Lipinski definition) is 4. The lowest BCUT2D eigenvalue weighted by Crippen LogP contribution is -2.59. The minimum Gasteiger partial charge on any atom is -0.497 e. The van der Waals surface area contributed by atoms with Crippen LogP contribution in [0.1, 0.15) is 72.1 Å². The Hall–Kier alpha value is -4.78. The van der Waals surface area contributed by atoms with Crippen molar-refractivity contribution in [1.29, 1.82) is 0 Å². The third-order valence-corrected chi connectivity index (χ3v) is 15.7. The zero-order valence-corrected chi connectivity index (χ0v) is 35.9. The van der Waals surface area contributed by atoms with Gasteiger partial charge >= 0.3 is 6.09 Å². The van der Waals surface area contributed by atoms with E-state index in [2.05, 4.69) is 25.2 Å². The number of aromatic nitrogens is 1. The molecule has 2 saturated carbocycles. The van der Waals surface area contributed by atoms with Crippen LogP contribution in [0.25, 0.3) is 10.8 Å². The molecular weight excluding hydrogens is 817 g/mol. The molecule has 2 aromatic rings. The van der Waals surface area contributed by atoms with Crippen LogP contribution in [0.15, 0.2) is 36.5 Å². The fraction of sp³-hybridized carbons (Fsp3) is 0.643. The van der Waals surface area contributed by atoms with E-state index >= 15 is 0 Å². The number of rotatable bonds is 11. The van der Waals surface area contributed by atoms with Crippen LogP contribution in [0.3, 0.4) is 0 Å². The van der Waals surface area contributed by atoms with Crippen molar-refractivity contribution in [3.05, 3.63) is 36.5 Å². The number of anilines is 1. The van der Waals surface area contributed by atoms with Crippen LogP contribution < -0.4 is 29.7 Å². The Balaban J connectivity index is 1.20. The van der Waals surface area contributed by atoms with E-state index in [1.807, 2.05) is 25.1 Å². The van der Waals surface area contributed by atoms with Crippen LogP contribution in [-0.2, 0) is 24.4 Å². The summed E-state index contributed by atoms with van der Waals surface area (Å²) >= 11 is 0. The molecule has 5 aliphatic rings. The number of nitrogens with zero attached hydrogens (tertiary/aromatic N) is 4. The Morgan fingerprint density at radius 3 is 2.49 bits per heavy atom. The summed E-state index contributed by atoms with van der Waals surface area (Å²) < 4.78 is 66.4. The molecule has 2 saturated heterocycles. The number of alkyl halides is 2. The lowest BCUT2D eigenvalue weighted by molar-refractivity contribution is -0.142. The maximum Gasteiger partial charge on any atom is 0.405 e. The minimum atomic E-state index is -4.05. The number of carbonyl (C=O) groups is 4. The Labute approximate surface area is 354 Å². The Morgan fingerprint density at radius 2 is 1.84 bits per heavy atom. The number of nitrogens with one attached hydrogen (secondary N) is 3. The molecule has 0 spiro atoms. The van der Waals surface area contributed by atoms with E-state index in [9.17, 15) is 41.5 Å². The first-order valence-electron chi connectivity index (χ1n) is 21.2. The summed E-state index contributed by atoms with van der Waals surface area (Å²) in [6, 6.07) is 2.94. The summed E-state index contributed by atoms with van der Waals surface area (Å²) in [6.45, 7) is 7.00. The van der Waals surface area contributed by atoms with E-state index < -0.39 is 80.6 Å². The molecule has 0 bridgehead atoms. The van der Waals surface area contributed by atoms with E-state index in [1.165, 1.54) is 4.90 Å². The van der Waals surface area contributed by atoms with Gasteiger partial charge < -0.3 is 35.0 Å². The van der Waals surface area contributed by atoms with E-state index in [4.69, 9.17) is 9.47 Å². The summed E-state index contributed by atoms with van der Waals surface area (Å²) in [7, 11) is -2.51. The largest absolute Gasteiger partial charge is 0.497 e. The maximum atomic E-state index is 14.6.